The zero-order valence-electron chi connectivity index (χ0n) is 16.0. The van der Waals surface area contributed by atoms with E-state index in [1.54, 1.807) is 0 Å². The van der Waals surface area contributed by atoms with E-state index in [2.05, 4.69) is 60.4 Å². The van der Waals surface area contributed by atoms with Crippen molar-refractivity contribution in [2.24, 2.45) is 23.2 Å². The Morgan fingerprint density at radius 2 is 1.77 bits per heavy atom. The summed E-state index contributed by atoms with van der Waals surface area (Å²) in [4.78, 5) is 0. The summed E-state index contributed by atoms with van der Waals surface area (Å²) in [6.45, 7) is 23.6. The first kappa shape index (κ1) is 21.2. The number of rotatable bonds is 13. The molecule has 0 radical (unpaired) electrons. The minimum atomic E-state index is 0.273. The SMILES string of the molecule is C=CCC(C=C)CC(C)CCC(CCC)CC(C)(C)C(=C)C. The average molecular weight is 305 g/mol. The maximum Gasteiger partial charge on any atom is -0.0147 e. The molecular weight excluding hydrogens is 264 g/mol. The van der Waals surface area contributed by atoms with Gasteiger partial charge in [0, 0.05) is 0 Å². The molecule has 3 atom stereocenters. The summed E-state index contributed by atoms with van der Waals surface area (Å²) >= 11 is 0. The summed E-state index contributed by atoms with van der Waals surface area (Å²) in [5.74, 6) is 2.21. The average Bonchev–Trinajstić information content (AvgIpc) is 2.44. The van der Waals surface area contributed by atoms with Gasteiger partial charge in [0.15, 0.2) is 0 Å². The molecule has 128 valence electrons. The fourth-order valence-corrected chi connectivity index (χ4v) is 3.31. The highest BCUT2D eigenvalue weighted by Crippen LogP contribution is 2.36. The molecule has 0 spiro atoms. The fraction of sp³-hybridized carbons (Fsp3) is 0.727. The van der Waals surface area contributed by atoms with Crippen molar-refractivity contribution in [3.63, 3.8) is 0 Å². The summed E-state index contributed by atoms with van der Waals surface area (Å²) in [6, 6.07) is 0. The van der Waals surface area contributed by atoms with Gasteiger partial charge in [0.2, 0.25) is 0 Å². The molecule has 22 heavy (non-hydrogen) atoms. The van der Waals surface area contributed by atoms with Crippen molar-refractivity contribution >= 4 is 0 Å². The highest BCUT2D eigenvalue weighted by molar-refractivity contribution is 5.03. The normalized spacial score (nSPS) is 15.9. The van der Waals surface area contributed by atoms with Gasteiger partial charge in [-0.05, 0) is 49.4 Å². The Morgan fingerprint density at radius 3 is 2.23 bits per heavy atom. The minimum absolute atomic E-state index is 0.273. The quantitative estimate of drug-likeness (QED) is 0.308. The highest BCUT2D eigenvalue weighted by atomic mass is 14.3. The summed E-state index contributed by atoms with van der Waals surface area (Å²) < 4.78 is 0. The number of hydrogen-bond donors (Lipinski definition) is 0. The third-order valence-electron chi connectivity index (χ3n) is 5.23. The van der Waals surface area contributed by atoms with Crippen LogP contribution in [0.4, 0.5) is 0 Å². The molecule has 0 aliphatic carbocycles. The number of hydrogen-bond acceptors (Lipinski definition) is 0. The molecule has 0 aromatic rings. The van der Waals surface area contributed by atoms with E-state index in [4.69, 9.17) is 0 Å². The largest absolute Gasteiger partial charge is 0.103 e. The zero-order chi connectivity index (χ0) is 17.2. The van der Waals surface area contributed by atoms with Crippen LogP contribution in [0.3, 0.4) is 0 Å². The Kier molecular flexibility index (Phi) is 10.5. The van der Waals surface area contributed by atoms with Gasteiger partial charge < -0.3 is 0 Å². The van der Waals surface area contributed by atoms with E-state index >= 15 is 0 Å². The molecule has 0 aromatic carbocycles. The highest BCUT2D eigenvalue weighted by Gasteiger charge is 2.24. The van der Waals surface area contributed by atoms with E-state index < -0.39 is 0 Å². The molecule has 0 N–H and O–H groups in total. The molecule has 0 fully saturated rings. The lowest BCUT2D eigenvalue weighted by Crippen LogP contribution is -2.19. The van der Waals surface area contributed by atoms with Crippen LogP contribution in [0.25, 0.3) is 0 Å². The second kappa shape index (κ2) is 10.9. The maximum atomic E-state index is 4.19. The second-order valence-electron chi connectivity index (χ2n) is 7.96. The summed E-state index contributed by atoms with van der Waals surface area (Å²) in [6.07, 6.45) is 13.0. The first-order valence-corrected chi connectivity index (χ1v) is 9.16. The van der Waals surface area contributed by atoms with E-state index in [0.717, 1.165) is 18.3 Å². The first-order valence-electron chi connectivity index (χ1n) is 9.16. The fourth-order valence-electron chi connectivity index (χ4n) is 3.31. The molecule has 0 rings (SSSR count). The van der Waals surface area contributed by atoms with Gasteiger partial charge in [0.25, 0.3) is 0 Å². The maximum absolute atomic E-state index is 4.19. The zero-order valence-corrected chi connectivity index (χ0v) is 16.0. The van der Waals surface area contributed by atoms with Gasteiger partial charge >= 0.3 is 0 Å². The van der Waals surface area contributed by atoms with Crippen molar-refractivity contribution in [1.82, 2.24) is 0 Å². The Hall–Kier alpha value is -0.780. The Balaban J connectivity index is 4.42. The molecule has 0 saturated heterocycles. The smallest absolute Gasteiger partial charge is 0.0147 e. The molecular formula is C22H40. The standard InChI is InChI=1S/C22H40/c1-9-12-20(11-3)16-19(6)14-15-21(13-10-2)17-22(7,8)18(4)5/h9,11,19-21H,1,3-4,10,12-17H2,2,5-8H3. The monoisotopic (exact) mass is 304 g/mol. The van der Waals surface area contributed by atoms with Crippen molar-refractivity contribution in [2.75, 3.05) is 0 Å². The van der Waals surface area contributed by atoms with E-state index in [1.165, 1.54) is 44.1 Å². The van der Waals surface area contributed by atoms with Crippen molar-refractivity contribution in [1.29, 1.82) is 0 Å². The molecule has 0 aliphatic rings. The van der Waals surface area contributed by atoms with Crippen LogP contribution in [0.5, 0.6) is 0 Å². The van der Waals surface area contributed by atoms with Crippen LogP contribution in [0.15, 0.2) is 37.5 Å². The number of allylic oxidation sites excluding steroid dienone is 3. The summed E-state index contributed by atoms with van der Waals surface area (Å²) in [7, 11) is 0. The molecule has 0 saturated carbocycles. The molecule has 0 aromatic heterocycles. The lowest BCUT2D eigenvalue weighted by atomic mass is 9.74. The van der Waals surface area contributed by atoms with Crippen LogP contribution in [-0.4, -0.2) is 0 Å². The predicted octanol–water partition coefficient (Wildman–Crippen LogP) is 7.58. The van der Waals surface area contributed by atoms with Gasteiger partial charge in [0.1, 0.15) is 0 Å². The van der Waals surface area contributed by atoms with Gasteiger partial charge in [-0.1, -0.05) is 77.7 Å². The Bertz CT molecular complexity index is 334. The lowest BCUT2D eigenvalue weighted by Gasteiger charge is -2.31. The van der Waals surface area contributed by atoms with Crippen LogP contribution in [0, 0.1) is 23.2 Å². The molecule has 0 amide bonds. The van der Waals surface area contributed by atoms with Gasteiger partial charge in [-0.2, -0.15) is 0 Å². The summed E-state index contributed by atoms with van der Waals surface area (Å²) in [5, 5.41) is 0. The third-order valence-corrected chi connectivity index (χ3v) is 5.23. The van der Waals surface area contributed by atoms with Gasteiger partial charge in [-0.25, -0.2) is 0 Å². The Morgan fingerprint density at radius 1 is 1.14 bits per heavy atom. The van der Waals surface area contributed by atoms with E-state index in [9.17, 15) is 0 Å². The van der Waals surface area contributed by atoms with Gasteiger partial charge in [-0.15, -0.1) is 13.2 Å². The second-order valence-corrected chi connectivity index (χ2v) is 7.96. The van der Waals surface area contributed by atoms with Crippen LogP contribution in [0.1, 0.15) is 79.6 Å². The molecule has 0 aliphatic heterocycles. The van der Waals surface area contributed by atoms with Crippen molar-refractivity contribution in [3.05, 3.63) is 37.5 Å². The Labute approximate surface area is 140 Å². The summed E-state index contributed by atoms with van der Waals surface area (Å²) in [5.41, 5.74) is 1.59. The lowest BCUT2D eigenvalue weighted by molar-refractivity contribution is 0.266. The topological polar surface area (TPSA) is 0 Å². The van der Waals surface area contributed by atoms with Gasteiger partial charge in [-0.3, -0.25) is 0 Å². The minimum Gasteiger partial charge on any atom is -0.103 e. The third kappa shape index (κ3) is 8.61. The van der Waals surface area contributed by atoms with Crippen LogP contribution in [-0.2, 0) is 0 Å². The molecule has 0 bridgehead atoms. The van der Waals surface area contributed by atoms with Gasteiger partial charge in [0.05, 0.1) is 0 Å². The predicted molar refractivity (Wildman–Crippen MR) is 103 cm³/mol. The van der Waals surface area contributed by atoms with E-state index in [1.807, 2.05) is 6.08 Å². The first-order chi connectivity index (χ1) is 10.3. The van der Waals surface area contributed by atoms with E-state index in [0.29, 0.717) is 5.92 Å². The van der Waals surface area contributed by atoms with Crippen LogP contribution >= 0.6 is 0 Å². The molecule has 0 nitrogen and oxygen atoms in total. The van der Waals surface area contributed by atoms with Crippen molar-refractivity contribution in [2.45, 2.75) is 79.6 Å². The van der Waals surface area contributed by atoms with Crippen LogP contribution in [0.2, 0.25) is 0 Å². The van der Waals surface area contributed by atoms with Crippen LogP contribution < -0.4 is 0 Å². The molecule has 3 unspecified atom stereocenters. The van der Waals surface area contributed by atoms with Crippen molar-refractivity contribution in [3.8, 4) is 0 Å². The molecule has 0 heteroatoms. The van der Waals surface area contributed by atoms with E-state index in [-0.39, 0.29) is 5.41 Å². The molecule has 0 heterocycles. The van der Waals surface area contributed by atoms with Crippen molar-refractivity contribution < 1.29 is 0 Å².